The monoisotopic (exact) mass is 255 g/mol. The molecular formula is C11H13NOSe. The Labute approximate surface area is 90.2 Å². The summed E-state index contributed by atoms with van der Waals surface area (Å²) < 4.78 is 1.43. The molecule has 1 aliphatic heterocycles. The second kappa shape index (κ2) is 4.63. The molecule has 1 aromatic carbocycles. The molecule has 2 rings (SSSR count). The zero-order valence-corrected chi connectivity index (χ0v) is 9.61. The SMILES string of the molecule is O=C1CCC([Se]c2ccccc2)CN1. The summed E-state index contributed by atoms with van der Waals surface area (Å²) in [7, 11) is 0. The van der Waals surface area contributed by atoms with Gasteiger partial charge in [0.15, 0.2) is 0 Å². The number of rotatable bonds is 2. The molecule has 0 spiro atoms. The number of hydrogen-bond donors (Lipinski definition) is 1. The summed E-state index contributed by atoms with van der Waals surface area (Å²) in [5, 5.41) is 2.93. The van der Waals surface area contributed by atoms with Crippen LogP contribution in [0.15, 0.2) is 30.3 Å². The molecule has 14 heavy (non-hydrogen) atoms. The van der Waals surface area contributed by atoms with E-state index in [1.54, 1.807) is 0 Å². The normalized spacial score (nSPS) is 21.7. The Bertz CT molecular complexity index is 302. The summed E-state index contributed by atoms with van der Waals surface area (Å²) in [6.45, 7) is 0.869. The molecule has 1 aromatic rings. The summed E-state index contributed by atoms with van der Waals surface area (Å²) in [5.41, 5.74) is 0. The molecule has 1 fully saturated rings. The molecule has 1 atom stereocenters. The Balaban J connectivity index is 1.89. The van der Waals surface area contributed by atoms with Gasteiger partial charge in [0.1, 0.15) is 0 Å². The van der Waals surface area contributed by atoms with Crippen molar-refractivity contribution in [3.8, 4) is 0 Å². The Morgan fingerprint density at radius 3 is 2.71 bits per heavy atom. The molecule has 0 radical (unpaired) electrons. The molecule has 0 aliphatic carbocycles. The van der Waals surface area contributed by atoms with Crippen molar-refractivity contribution >= 4 is 25.3 Å². The number of carbonyl (C=O) groups excluding carboxylic acids is 1. The predicted molar refractivity (Wildman–Crippen MR) is 57.8 cm³/mol. The summed E-state index contributed by atoms with van der Waals surface area (Å²) in [5.74, 6) is 0.213. The van der Waals surface area contributed by atoms with Crippen molar-refractivity contribution in [2.75, 3.05) is 6.54 Å². The minimum absolute atomic E-state index is 0.213. The predicted octanol–water partition coefficient (Wildman–Crippen LogP) is 0.715. The van der Waals surface area contributed by atoms with Crippen molar-refractivity contribution in [2.45, 2.75) is 17.7 Å². The van der Waals surface area contributed by atoms with Crippen molar-refractivity contribution in [3.05, 3.63) is 30.3 Å². The van der Waals surface area contributed by atoms with Gasteiger partial charge in [-0.25, -0.2) is 0 Å². The average molecular weight is 254 g/mol. The number of carbonyl (C=O) groups is 1. The minimum atomic E-state index is 0.213. The first-order valence-electron chi connectivity index (χ1n) is 4.83. The van der Waals surface area contributed by atoms with Crippen molar-refractivity contribution in [3.63, 3.8) is 0 Å². The standard InChI is InChI=1S/C11H13NOSe/c13-11-7-6-10(8-12-11)14-9-4-2-1-3-5-9/h1-5,10H,6-8H2,(H,12,13). The van der Waals surface area contributed by atoms with E-state index in [9.17, 15) is 4.79 Å². The van der Waals surface area contributed by atoms with Crippen molar-refractivity contribution < 1.29 is 4.79 Å². The first-order valence-corrected chi connectivity index (χ1v) is 6.67. The second-order valence-electron chi connectivity index (χ2n) is 3.40. The summed E-state index contributed by atoms with van der Waals surface area (Å²) >= 11 is 0.509. The van der Waals surface area contributed by atoms with E-state index in [0.717, 1.165) is 13.0 Å². The van der Waals surface area contributed by atoms with Crippen LogP contribution < -0.4 is 9.78 Å². The molecule has 1 aliphatic rings. The van der Waals surface area contributed by atoms with Gasteiger partial charge >= 0.3 is 90.0 Å². The number of benzene rings is 1. The molecule has 1 N–H and O–H groups in total. The fourth-order valence-electron chi connectivity index (χ4n) is 1.50. The number of nitrogens with one attached hydrogen (secondary N) is 1. The molecule has 1 saturated heterocycles. The summed E-state index contributed by atoms with van der Waals surface area (Å²) in [4.78, 5) is 11.6. The maximum absolute atomic E-state index is 11.0. The molecule has 1 heterocycles. The van der Waals surface area contributed by atoms with Crippen LogP contribution in [0.25, 0.3) is 0 Å². The third-order valence-electron chi connectivity index (χ3n) is 2.27. The van der Waals surface area contributed by atoms with Gasteiger partial charge in [-0.15, -0.1) is 0 Å². The van der Waals surface area contributed by atoms with E-state index in [1.807, 2.05) is 6.07 Å². The number of piperidine rings is 1. The topological polar surface area (TPSA) is 29.1 Å². The van der Waals surface area contributed by atoms with Gasteiger partial charge in [-0.1, -0.05) is 0 Å². The summed E-state index contributed by atoms with van der Waals surface area (Å²) in [6, 6.07) is 10.6. The molecule has 2 nitrogen and oxygen atoms in total. The quantitative estimate of drug-likeness (QED) is 0.774. The van der Waals surface area contributed by atoms with E-state index >= 15 is 0 Å². The van der Waals surface area contributed by atoms with E-state index < -0.39 is 0 Å². The molecular weight excluding hydrogens is 241 g/mol. The zero-order valence-electron chi connectivity index (χ0n) is 7.90. The molecule has 74 valence electrons. The van der Waals surface area contributed by atoms with E-state index in [-0.39, 0.29) is 5.91 Å². The van der Waals surface area contributed by atoms with Crippen molar-refractivity contribution in [1.82, 2.24) is 5.32 Å². The fourth-order valence-corrected chi connectivity index (χ4v) is 3.81. The third kappa shape index (κ3) is 2.60. The zero-order chi connectivity index (χ0) is 9.80. The third-order valence-corrected chi connectivity index (χ3v) is 4.95. The van der Waals surface area contributed by atoms with Crippen LogP contribution in [0.4, 0.5) is 0 Å². The van der Waals surface area contributed by atoms with Crippen molar-refractivity contribution in [1.29, 1.82) is 0 Å². The first kappa shape index (κ1) is 9.75. The van der Waals surface area contributed by atoms with Crippen LogP contribution in [-0.4, -0.2) is 27.4 Å². The number of amides is 1. The Kier molecular flexibility index (Phi) is 3.22. The van der Waals surface area contributed by atoms with Crippen LogP contribution in [0.3, 0.4) is 0 Å². The maximum atomic E-state index is 11.0. The second-order valence-corrected chi connectivity index (χ2v) is 6.28. The van der Waals surface area contributed by atoms with Gasteiger partial charge in [0.25, 0.3) is 0 Å². The first-order chi connectivity index (χ1) is 6.84. The van der Waals surface area contributed by atoms with Crippen LogP contribution in [0.2, 0.25) is 4.82 Å². The van der Waals surface area contributed by atoms with Gasteiger partial charge in [0.05, 0.1) is 0 Å². The van der Waals surface area contributed by atoms with Crippen LogP contribution in [-0.2, 0) is 4.79 Å². The fraction of sp³-hybridized carbons (Fsp3) is 0.364. The molecule has 0 saturated carbocycles. The van der Waals surface area contributed by atoms with E-state index in [1.165, 1.54) is 4.46 Å². The molecule has 0 aromatic heterocycles. The van der Waals surface area contributed by atoms with Crippen LogP contribution >= 0.6 is 0 Å². The summed E-state index contributed by atoms with van der Waals surface area (Å²) in [6.07, 6.45) is 1.76. The van der Waals surface area contributed by atoms with E-state index in [4.69, 9.17) is 0 Å². The Morgan fingerprint density at radius 2 is 2.07 bits per heavy atom. The van der Waals surface area contributed by atoms with Crippen molar-refractivity contribution in [2.24, 2.45) is 0 Å². The molecule has 1 unspecified atom stereocenters. The van der Waals surface area contributed by atoms with E-state index in [0.29, 0.717) is 26.2 Å². The van der Waals surface area contributed by atoms with Gasteiger partial charge < -0.3 is 0 Å². The van der Waals surface area contributed by atoms with Crippen LogP contribution in [0, 0.1) is 0 Å². The molecule has 1 amide bonds. The van der Waals surface area contributed by atoms with Gasteiger partial charge in [-0.05, 0) is 0 Å². The van der Waals surface area contributed by atoms with Gasteiger partial charge in [0.2, 0.25) is 0 Å². The van der Waals surface area contributed by atoms with Crippen LogP contribution in [0.1, 0.15) is 12.8 Å². The average Bonchev–Trinajstić information content (AvgIpc) is 2.23. The van der Waals surface area contributed by atoms with E-state index in [2.05, 4.69) is 29.6 Å². The number of hydrogen-bond acceptors (Lipinski definition) is 1. The van der Waals surface area contributed by atoms with Gasteiger partial charge in [0, 0.05) is 0 Å². The molecule has 3 heteroatoms. The van der Waals surface area contributed by atoms with Crippen LogP contribution in [0.5, 0.6) is 0 Å². The van der Waals surface area contributed by atoms with Gasteiger partial charge in [-0.2, -0.15) is 0 Å². The Hall–Kier alpha value is -0.791. The van der Waals surface area contributed by atoms with Gasteiger partial charge in [-0.3, -0.25) is 0 Å². The Morgan fingerprint density at radius 1 is 1.29 bits per heavy atom. The molecule has 0 bridgehead atoms.